The van der Waals surface area contributed by atoms with Gasteiger partial charge in [0.15, 0.2) is 0 Å². The van der Waals surface area contributed by atoms with Crippen LogP contribution in [-0.4, -0.2) is 28.5 Å². The van der Waals surface area contributed by atoms with E-state index in [1.54, 1.807) is 54.6 Å². The number of ether oxygens (including phenoxy) is 1. The second-order valence-corrected chi connectivity index (χ2v) is 6.79. The molecular formula is C23H20ClNO4. The molecule has 0 aliphatic heterocycles. The number of methoxy groups -OCH3 is 1. The van der Waals surface area contributed by atoms with Crippen LogP contribution in [-0.2, 0) is 17.9 Å². The summed E-state index contributed by atoms with van der Waals surface area (Å²) in [6.45, 7) is 0.389. The number of hydrogen-bond donors (Lipinski definition) is 1. The van der Waals surface area contributed by atoms with Gasteiger partial charge in [0.1, 0.15) is 0 Å². The Hall–Kier alpha value is -3.15. The molecule has 0 saturated heterocycles. The number of benzene rings is 2. The summed E-state index contributed by atoms with van der Waals surface area (Å²) in [6, 6.07) is 15.5. The molecule has 0 aliphatic rings. The van der Waals surface area contributed by atoms with Crippen molar-refractivity contribution in [1.82, 2.24) is 4.57 Å². The summed E-state index contributed by atoms with van der Waals surface area (Å²) >= 11 is 5.98. The minimum atomic E-state index is -0.463. The first-order valence-electron chi connectivity index (χ1n) is 8.97. The predicted octanol–water partition coefficient (Wildman–Crippen LogP) is 4.36. The number of nitrogens with zero attached hydrogens (tertiary/aromatic N) is 1. The van der Waals surface area contributed by atoms with E-state index in [2.05, 4.69) is 0 Å². The molecule has 1 heterocycles. The quantitative estimate of drug-likeness (QED) is 0.465. The van der Waals surface area contributed by atoms with Gasteiger partial charge in [-0.2, -0.15) is 0 Å². The highest BCUT2D eigenvalue weighted by Crippen LogP contribution is 2.19. The monoisotopic (exact) mass is 409 g/mol. The third kappa shape index (κ3) is 4.83. The second-order valence-electron chi connectivity index (χ2n) is 6.36. The van der Waals surface area contributed by atoms with E-state index in [9.17, 15) is 9.59 Å². The number of carbonyl (C=O) groups is 2. The molecule has 2 aromatic carbocycles. The molecule has 0 aliphatic carbocycles. The zero-order valence-electron chi connectivity index (χ0n) is 15.8. The van der Waals surface area contributed by atoms with E-state index in [0.717, 1.165) is 5.56 Å². The number of aliphatic hydroxyl groups excluding tert-OH is 1. The first-order valence-corrected chi connectivity index (χ1v) is 9.35. The van der Waals surface area contributed by atoms with Crippen molar-refractivity contribution in [2.45, 2.75) is 13.2 Å². The van der Waals surface area contributed by atoms with Crippen LogP contribution in [0.1, 0.15) is 37.5 Å². The number of hydrogen-bond acceptors (Lipinski definition) is 4. The van der Waals surface area contributed by atoms with Crippen molar-refractivity contribution in [2.24, 2.45) is 0 Å². The van der Waals surface area contributed by atoms with E-state index in [4.69, 9.17) is 21.4 Å². The maximum atomic E-state index is 12.8. The van der Waals surface area contributed by atoms with E-state index in [1.807, 2.05) is 22.9 Å². The third-order valence-corrected chi connectivity index (χ3v) is 4.72. The fourth-order valence-corrected chi connectivity index (χ4v) is 3.11. The number of ketones is 1. The zero-order valence-corrected chi connectivity index (χ0v) is 16.6. The molecule has 1 aromatic heterocycles. The Morgan fingerprint density at radius 1 is 1.14 bits per heavy atom. The highest BCUT2D eigenvalue weighted by atomic mass is 35.5. The minimum absolute atomic E-state index is 0.0616. The molecule has 0 fully saturated rings. The summed E-state index contributed by atoms with van der Waals surface area (Å²) in [5.74, 6) is -0.565. The first kappa shape index (κ1) is 20.6. The molecule has 5 nitrogen and oxygen atoms in total. The van der Waals surface area contributed by atoms with Gasteiger partial charge in [0, 0.05) is 23.3 Å². The van der Waals surface area contributed by atoms with E-state index < -0.39 is 5.97 Å². The zero-order chi connectivity index (χ0) is 20.8. The summed E-state index contributed by atoms with van der Waals surface area (Å²) in [7, 11) is 1.32. The molecule has 3 aromatic rings. The molecule has 0 bridgehead atoms. The SMILES string of the molecule is COC(=O)c1cc(Cl)ccc1C=CCn1cccc1C(=O)c1ccc(CO)cc1. The summed E-state index contributed by atoms with van der Waals surface area (Å²) in [5.41, 5.74) is 2.92. The Kier molecular flexibility index (Phi) is 6.65. The van der Waals surface area contributed by atoms with E-state index in [-0.39, 0.29) is 12.4 Å². The lowest BCUT2D eigenvalue weighted by atomic mass is 10.1. The van der Waals surface area contributed by atoms with Crippen molar-refractivity contribution in [1.29, 1.82) is 0 Å². The van der Waals surface area contributed by atoms with Crippen LogP contribution in [0.25, 0.3) is 6.08 Å². The lowest BCUT2D eigenvalue weighted by molar-refractivity contribution is 0.0600. The smallest absolute Gasteiger partial charge is 0.338 e. The van der Waals surface area contributed by atoms with Crippen LogP contribution in [0.2, 0.25) is 5.02 Å². The number of halogens is 1. The van der Waals surface area contributed by atoms with Crippen LogP contribution in [0.3, 0.4) is 0 Å². The van der Waals surface area contributed by atoms with Gasteiger partial charge < -0.3 is 14.4 Å². The Bertz CT molecular complexity index is 1050. The van der Waals surface area contributed by atoms with Gasteiger partial charge in [-0.15, -0.1) is 0 Å². The summed E-state index contributed by atoms with van der Waals surface area (Å²) in [5, 5.41) is 9.59. The fraction of sp³-hybridized carbons (Fsp3) is 0.130. The molecule has 0 atom stereocenters. The van der Waals surface area contributed by atoms with Crippen LogP contribution >= 0.6 is 11.6 Å². The number of esters is 1. The molecular weight excluding hydrogens is 390 g/mol. The Morgan fingerprint density at radius 3 is 2.59 bits per heavy atom. The molecule has 3 rings (SSSR count). The molecule has 29 heavy (non-hydrogen) atoms. The van der Waals surface area contributed by atoms with Gasteiger partial charge >= 0.3 is 5.97 Å². The number of carbonyl (C=O) groups excluding carboxylic acids is 2. The summed E-state index contributed by atoms with van der Waals surface area (Å²) in [4.78, 5) is 24.7. The van der Waals surface area contributed by atoms with E-state index in [0.29, 0.717) is 34.0 Å². The highest BCUT2D eigenvalue weighted by molar-refractivity contribution is 6.31. The topological polar surface area (TPSA) is 68.5 Å². The Labute approximate surface area is 173 Å². The van der Waals surface area contributed by atoms with Gasteiger partial charge in [-0.05, 0) is 35.4 Å². The van der Waals surface area contributed by atoms with Gasteiger partial charge in [0.2, 0.25) is 5.78 Å². The van der Waals surface area contributed by atoms with Gasteiger partial charge in [-0.25, -0.2) is 4.79 Å². The van der Waals surface area contributed by atoms with Gasteiger partial charge in [-0.3, -0.25) is 4.79 Å². The largest absolute Gasteiger partial charge is 0.465 e. The average Bonchev–Trinajstić information content (AvgIpc) is 3.22. The Balaban J connectivity index is 1.79. The van der Waals surface area contributed by atoms with Crippen molar-refractivity contribution in [2.75, 3.05) is 7.11 Å². The van der Waals surface area contributed by atoms with Gasteiger partial charge in [0.05, 0.1) is 25.0 Å². The van der Waals surface area contributed by atoms with Crippen molar-refractivity contribution >= 4 is 29.4 Å². The van der Waals surface area contributed by atoms with Crippen molar-refractivity contribution in [3.63, 3.8) is 0 Å². The summed E-state index contributed by atoms with van der Waals surface area (Å²) < 4.78 is 6.63. The van der Waals surface area contributed by atoms with Crippen LogP contribution in [0.4, 0.5) is 0 Å². The van der Waals surface area contributed by atoms with E-state index >= 15 is 0 Å². The molecule has 0 spiro atoms. The number of allylic oxidation sites excluding steroid dienone is 1. The van der Waals surface area contributed by atoms with Crippen molar-refractivity contribution in [3.8, 4) is 0 Å². The maximum Gasteiger partial charge on any atom is 0.338 e. The third-order valence-electron chi connectivity index (χ3n) is 4.48. The minimum Gasteiger partial charge on any atom is -0.465 e. The lowest BCUT2D eigenvalue weighted by Gasteiger charge is -2.08. The van der Waals surface area contributed by atoms with Crippen molar-refractivity contribution in [3.05, 3.63) is 99.8 Å². The molecule has 0 saturated carbocycles. The Morgan fingerprint density at radius 2 is 1.90 bits per heavy atom. The van der Waals surface area contributed by atoms with Crippen LogP contribution < -0.4 is 0 Å². The normalized spacial score (nSPS) is 11.0. The van der Waals surface area contributed by atoms with Crippen LogP contribution in [0, 0.1) is 0 Å². The number of aromatic nitrogens is 1. The van der Waals surface area contributed by atoms with Crippen LogP contribution in [0.5, 0.6) is 0 Å². The predicted molar refractivity (Wildman–Crippen MR) is 112 cm³/mol. The van der Waals surface area contributed by atoms with E-state index in [1.165, 1.54) is 7.11 Å². The van der Waals surface area contributed by atoms with Gasteiger partial charge in [0.25, 0.3) is 0 Å². The number of rotatable bonds is 7. The molecule has 148 valence electrons. The maximum absolute atomic E-state index is 12.8. The average molecular weight is 410 g/mol. The standard InChI is InChI=1S/C23H20ClNO4/c1-29-23(28)20-14-19(24)11-10-17(20)4-2-12-25-13-3-5-21(25)22(27)18-8-6-16(15-26)7-9-18/h2-11,13-14,26H,12,15H2,1H3. The lowest BCUT2D eigenvalue weighted by Crippen LogP contribution is -2.09. The van der Waals surface area contributed by atoms with Crippen molar-refractivity contribution < 1.29 is 19.4 Å². The second kappa shape index (κ2) is 9.37. The highest BCUT2D eigenvalue weighted by Gasteiger charge is 2.13. The van der Waals surface area contributed by atoms with Gasteiger partial charge in [-0.1, -0.05) is 54.1 Å². The summed E-state index contributed by atoms with van der Waals surface area (Å²) in [6.07, 6.45) is 5.48. The first-order chi connectivity index (χ1) is 14.0. The number of aliphatic hydroxyl groups is 1. The molecule has 0 amide bonds. The fourth-order valence-electron chi connectivity index (χ4n) is 2.94. The molecule has 0 radical (unpaired) electrons. The molecule has 1 N–H and O–H groups in total. The van der Waals surface area contributed by atoms with Crippen LogP contribution in [0.15, 0.2) is 66.9 Å². The molecule has 0 unspecified atom stereocenters. The molecule has 6 heteroatoms.